The number of aromatic nitrogens is 3. The molecule has 4 rings (SSSR count). The SMILES string of the molecule is C[C@H](O)C(=O)n1nc(-c2ccc(Cl)cc2)c(-c2ccncc2)c1C1CCNCC1.Cl. The molecule has 1 saturated heterocycles. The van der Waals surface area contributed by atoms with Gasteiger partial charge in [0.25, 0.3) is 5.91 Å². The fraction of sp³-hybridized carbons (Fsp3) is 0.318. The van der Waals surface area contributed by atoms with E-state index in [2.05, 4.69) is 10.3 Å². The summed E-state index contributed by atoms with van der Waals surface area (Å²) in [5.74, 6) is -0.260. The van der Waals surface area contributed by atoms with Gasteiger partial charge in [-0.2, -0.15) is 5.10 Å². The molecule has 3 heterocycles. The van der Waals surface area contributed by atoms with Crippen molar-refractivity contribution in [2.45, 2.75) is 31.8 Å². The van der Waals surface area contributed by atoms with Crippen molar-refractivity contribution in [2.24, 2.45) is 0 Å². The summed E-state index contributed by atoms with van der Waals surface area (Å²) in [4.78, 5) is 17.0. The van der Waals surface area contributed by atoms with Gasteiger partial charge >= 0.3 is 0 Å². The van der Waals surface area contributed by atoms with Gasteiger partial charge < -0.3 is 10.4 Å². The Labute approximate surface area is 186 Å². The van der Waals surface area contributed by atoms with E-state index < -0.39 is 12.0 Å². The lowest BCUT2D eigenvalue weighted by Crippen LogP contribution is -2.31. The summed E-state index contributed by atoms with van der Waals surface area (Å²) in [5, 5.41) is 18.7. The normalized spacial score (nSPS) is 15.4. The third kappa shape index (κ3) is 4.42. The van der Waals surface area contributed by atoms with E-state index in [1.807, 2.05) is 36.4 Å². The highest BCUT2D eigenvalue weighted by Gasteiger charge is 2.31. The van der Waals surface area contributed by atoms with Gasteiger partial charge in [-0.15, -0.1) is 12.4 Å². The number of piperidine rings is 1. The van der Waals surface area contributed by atoms with Gasteiger partial charge in [-0.05, 0) is 62.7 Å². The highest BCUT2D eigenvalue weighted by Crippen LogP contribution is 2.40. The number of aliphatic hydroxyl groups is 1. The molecule has 1 aliphatic heterocycles. The van der Waals surface area contributed by atoms with Gasteiger partial charge in [0.2, 0.25) is 0 Å². The second kappa shape index (κ2) is 9.71. The van der Waals surface area contributed by atoms with Crippen LogP contribution in [0.25, 0.3) is 22.4 Å². The minimum atomic E-state index is -1.14. The molecule has 1 fully saturated rings. The van der Waals surface area contributed by atoms with E-state index in [1.54, 1.807) is 12.4 Å². The van der Waals surface area contributed by atoms with Crippen molar-refractivity contribution < 1.29 is 9.90 Å². The largest absolute Gasteiger partial charge is 0.383 e. The molecule has 2 N–H and O–H groups in total. The maximum atomic E-state index is 12.9. The molecule has 0 spiro atoms. The Morgan fingerprint density at radius 1 is 1.13 bits per heavy atom. The maximum Gasteiger partial charge on any atom is 0.275 e. The molecule has 0 aliphatic carbocycles. The molecule has 1 aliphatic rings. The third-order valence-corrected chi connectivity index (χ3v) is 5.55. The first-order valence-corrected chi connectivity index (χ1v) is 10.2. The Morgan fingerprint density at radius 2 is 1.77 bits per heavy atom. The first-order valence-electron chi connectivity index (χ1n) is 9.78. The van der Waals surface area contributed by atoms with Gasteiger partial charge in [0.15, 0.2) is 0 Å². The monoisotopic (exact) mass is 446 g/mol. The predicted molar refractivity (Wildman–Crippen MR) is 120 cm³/mol. The average molecular weight is 447 g/mol. The number of carbonyl (C=O) groups is 1. The topological polar surface area (TPSA) is 80.0 Å². The Hall–Kier alpha value is -2.25. The molecule has 0 amide bonds. The van der Waals surface area contributed by atoms with Gasteiger partial charge in [-0.1, -0.05) is 23.7 Å². The molecule has 3 aromatic rings. The number of aliphatic hydroxyl groups excluding tert-OH is 1. The molecule has 6 nitrogen and oxygen atoms in total. The van der Waals surface area contributed by atoms with Gasteiger partial charge in [-0.3, -0.25) is 9.78 Å². The molecule has 2 aromatic heterocycles. The highest BCUT2D eigenvalue weighted by atomic mass is 35.5. The molecule has 0 saturated carbocycles. The van der Waals surface area contributed by atoms with Crippen LogP contribution in [0.2, 0.25) is 5.02 Å². The van der Waals surface area contributed by atoms with E-state index in [1.165, 1.54) is 11.6 Å². The van der Waals surface area contributed by atoms with Crippen molar-refractivity contribution in [1.82, 2.24) is 20.1 Å². The van der Waals surface area contributed by atoms with Crippen molar-refractivity contribution in [1.29, 1.82) is 0 Å². The van der Waals surface area contributed by atoms with Crippen molar-refractivity contribution in [2.75, 3.05) is 13.1 Å². The molecule has 1 atom stereocenters. The van der Waals surface area contributed by atoms with Crippen LogP contribution in [-0.2, 0) is 0 Å². The Kier molecular flexibility index (Phi) is 7.26. The number of halogens is 2. The summed E-state index contributed by atoms with van der Waals surface area (Å²) >= 11 is 6.08. The minimum absolute atomic E-state index is 0. The first-order chi connectivity index (χ1) is 14.1. The number of hydrogen-bond acceptors (Lipinski definition) is 5. The van der Waals surface area contributed by atoms with Gasteiger partial charge in [-0.25, -0.2) is 4.68 Å². The molecular formula is C22H24Cl2N4O2. The molecule has 8 heteroatoms. The standard InChI is InChI=1S/C22H23ClN4O2.ClH/c1-14(28)22(29)27-21(17-8-12-25-13-9-17)19(15-6-10-24-11-7-15)20(26-27)16-2-4-18(23)5-3-16;/h2-7,10-11,14,17,25,28H,8-9,12-13H2,1H3;1H/t14-;/m0./s1. The average Bonchev–Trinajstić information content (AvgIpc) is 3.15. The van der Waals surface area contributed by atoms with Crippen molar-refractivity contribution in [3.8, 4) is 22.4 Å². The van der Waals surface area contributed by atoms with Crippen LogP contribution in [0.4, 0.5) is 0 Å². The lowest BCUT2D eigenvalue weighted by atomic mass is 9.88. The van der Waals surface area contributed by atoms with Crippen LogP contribution in [0.15, 0.2) is 48.8 Å². The highest BCUT2D eigenvalue weighted by molar-refractivity contribution is 6.30. The van der Waals surface area contributed by atoms with Crippen LogP contribution in [0.3, 0.4) is 0 Å². The number of hydrogen-bond donors (Lipinski definition) is 2. The quantitative estimate of drug-likeness (QED) is 0.628. The molecular weight excluding hydrogens is 423 g/mol. The first kappa shape index (κ1) is 22.4. The number of pyridine rings is 1. The third-order valence-electron chi connectivity index (χ3n) is 5.30. The fourth-order valence-electron chi connectivity index (χ4n) is 3.86. The Balaban J connectivity index is 0.00000256. The summed E-state index contributed by atoms with van der Waals surface area (Å²) in [6.07, 6.45) is 4.13. The number of carbonyl (C=O) groups excluding carboxylic acids is 1. The molecule has 0 radical (unpaired) electrons. The lowest BCUT2D eigenvalue weighted by Gasteiger charge is -2.25. The van der Waals surface area contributed by atoms with E-state index in [0.717, 1.165) is 48.3 Å². The number of benzene rings is 1. The Morgan fingerprint density at radius 3 is 2.37 bits per heavy atom. The second-order valence-corrected chi connectivity index (χ2v) is 7.74. The van der Waals surface area contributed by atoms with Gasteiger partial charge in [0, 0.05) is 34.5 Å². The van der Waals surface area contributed by atoms with Crippen molar-refractivity contribution in [3.05, 3.63) is 59.5 Å². The van der Waals surface area contributed by atoms with E-state index in [-0.39, 0.29) is 18.3 Å². The van der Waals surface area contributed by atoms with Crippen LogP contribution in [0.5, 0.6) is 0 Å². The zero-order valence-electron chi connectivity index (χ0n) is 16.6. The zero-order chi connectivity index (χ0) is 20.4. The van der Waals surface area contributed by atoms with Crippen LogP contribution in [0, 0.1) is 0 Å². The summed E-state index contributed by atoms with van der Waals surface area (Å²) in [6, 6.07) is 11.3. The van der Waals surface area contributed by atoms with Crippen LogP contribution in [0.1, 0.15) is 36.2 Å². The van der Waals surface area contributed by atoms with E-state index in [9.17, 15) is 9.90 Å². The number of rotatable bonds is 4. The molecule has 1 aromatic carbocycles. The van der Waals surface area contributed by atoms with Crippen molar-refractivity contribution in [3.63, 3.8) is 0 Å². The summed E-state index contributed by atoms with van der Waals surface area (Å²) < 4.78 is 1.42. The van der Waals surface area contributed by atoms with Crippen LogP contribution >= 0.6 is 24.0 Å². The van der Waals surface area contributed by atoms with Gasteiger partial charge in [0.1, 0.15) is 11.8 Å². The smallest absolute Gasteiger partial charge is 0.275 e. The number of nitrogens with one attached hydrogen (secondary N) is 1. The predicted octanol–water partition coefficient (Wildman–Crippen LogP) is 4.18. The van der Waals surface area contributed by atoms with E-state index >= 15 is 0 Å². The summed E-state index contributed by atoms with van der Waals surface area (Å²) in [7, 11) is 0. The van der Waals surface area contributed by atoms with Crippen LogP contribution < -0.4 is 5.32 Å². The molecule has 0 unspecified atom stereocenters. The fourth-order valence-corrected chi connectivity index (χ4v) is 3.99. The molecule has 0 bridgehead atoms. The molecule has 158 valence electrons. The minimum Gasteiger partial charge on any atom is -0.383 e. The molecule has 30 heavy (non-hydrogen) atoms. The second-order valence-electron chi connectivity index (χ2n) is 7.30. The number of nitrogens with zero attached hydrogens (tertiary/aromatic N) is 3. The summed E-state index contributed by atoms with van der Waals surface area (Å²) in [5.41, 5.74) is 4.29. The van der Waals surface area contributed by atoms with Crippen molar-refractivity contribution >= 4 is 29.9 Å². The summed E-state index contributed by atoms with van der Waals surface area (Å²) in [6.45, 7) is 3.24. The maximum absolute atomic E-state index is 12.9. The van der Waals surface area contributed by atoms with E-state index in [0.29, 0.717) is 10.7 Å². The zero-order valence-corrected chi connectivity index (χ0v) is 18.2. The van der Waals surface area contributed by atoms with E-state index in [4.69, 9.17) is 16.7 Å². The van der Waals surface area contributed by atoms with Gasteiger partial charge in [0.05, 0.1) is 5.69 Å². The van der Waals surface area contributed by atoms with Crippen LogP contribution in [-0.4, -0.2) is 45.0 Å². The Bertz CT molecular complexity index is 998. The lowest BCUT2D eigenvalue weighted by molar-refractivity contribution is 0.0663.